The molecule has 2 aromatic rings. The number of amides is 1. The molecule has 0 spiro atoms. The third-order valence-corrected chi connectivity index (χ3v) is 6.08. The normalized spacial score (nSPS) is 21.0. The number of benzene rings is 2. The number of hydrogen-bond acceptors (Lipinski definition) is 2. The number of likely N-dealkylation sites (tertiary alicyclic amines) is 1. The van der Waals surface area contributed by atoms with Crippen molar-refractivity contribution in [1.29, 1.82) is 0 Å². The number of piperidine rings is 1. The van der Waals surface area contributed by atoms with E-state index in [1.165, 1.54) is 18.2 Å². The van der Waals surface area contributed by atoms with E-state index in [9.17, 15) is 27.5 Å². The highest BCUT2D eigenvalue weighted by Gasteiger charge is 2.41. The zero-order chi connectivity index (χ0) is 21.9. The van der Waals surface area contributed by atoms with E-state index < -0.39 is 23.2 Å². The van der Waals surface area contributed by atoms with E-state index in [4.69, 9.17) is 0 Å². The van der Waals surface area contributed by atoms with Gasteiger partial charge in [-0.2, -0.15) is 13.2 Å². The van der Waals surface area contributed by atoms with E-state index >= 15 is 0 Å². The van der Waals surface area contributed by atoms with Crippen molar-refractivity contribution in [3.63, 3.8) is 0 Å². The zero-order valence-corrected chi connectivity index (χ0v) is 16.8. The number of nitrogens with zero attached hydrogens (tertiary/aromatic N) is 1. The zero-order valence-electron chi connectivity index (χ0n) is 16.8. The molecule has 162 valence electrons. The summed E-state index contributed by atoms with van der Waals surface area (Å²) in [6.07, 6.45) is -2.60. The third kappa shape index (κ3) is 4.67. The summed E-state index contributed by atoms with van der Waals surface area (Å²) in [5.41, 5.74) is 0.0252. The predicted molar refractivity (Wildman–Crippen MR) is 105 cm³/mol. The molecule has 0 aromatic heterocycles. The minimum atomic E-state index is -4.44. The molecule has 1 fully saturated rings. The molecule has 1 heterocycles. The monoisotopic (exact) mass is 423 g/mol. The summed E-state index contributed by atoms with van der Waals surface area (Å²) in [4.78, 5) is 14.7. The Morgan fingerprint density at radius 1 is 1.17 bits per heavy atom. The topological polar surface area (TPSA) is 40.5 Å². The lowest BCUT2D eigenvalue weighted by Crippen LogP contribution is -2.47. The van der Waals surface area contributed by atoms with Gasteiger partial charge in [-0.05, 0) is 61.6 Å². The summed E-state index contributed by atoms with van der Waals surface area (Å²) in [5.74, 6) is -0.522. The average Bonchev–Trinajstić information content (AvgIpc) is 2.72. The number of hydrogen-bond donors (Lipinski definition) is 1. The molecule has 2 aromatic carbocycles. The van der Waals surface area contributed by atoms with E-state index in [0.717, 1.165) is 17.7 Å². The number of alkyl halides is 3. The maximum Gasteiger partial charge on any atom is 0.416 e. The molecule has 2 atom stereocenters. The first-order chi connectivity index (χ1) is 14.2. The van der Waals surface area contributed by atoms with Gasteiger partial charge in [-0.1, -0.05) is 24.3 Å². The van der Waals surface area contributed by atoms with Crippen LogP contribution in [0.15, 0.2) is 48.5 Å². The van der Waals surface area contributed by atoms with Crippen LogP contribution in [0.4, 0.5) is 17.6 Å². The minimum Gasteiger partial charge on any atom is -0.396 e. The Bertz CT molecular complexity index is 882. The quantitative estimate of drug-likeness (QED) is 0.646. The van der Waals surface area contributed by atoms with Crippen LogP contribution >= 0.6 is 0 Å². The molecule has 0 aliphatic carbocycles. The smallest absolute Gasteiger partial charge is 0.396 e. The fourth-order valence-corrected chi connectivity index (χ4v) is 4.33. The Balaban J connectivity index is 1.83. The molecule has 0 radical (unpaired) electrons. The predicted octanol–water partition coefficient (Wildman–Crippen LogP) is 5.24. The fourth-order valence-electron chi connectivity index (χ4n) is 4.33. The van der Waals surface area contributed by atoms with Crippen molar-refractivity contribution < 1.29 is 27.5 Å². The third-order valence-electron chi connectivity index (χ3n) is 6.08. The molecule has 1 aliphatic rings. The number of carbonyl (C=O) groups is 1. The van der Waals surface area contributed by atoms with E-state index in [1.807, 2.05) is 0 Å². The Kier molecular flexibility index (Phi) is 6.50. The number of halogens is 4. The van der Waals surface area contributed by atoms with Crippen LogP contribution in [0.25, 0.3) is 0 Å². The molecule has 3 nitrogen and oxygen atoms in total. The number of rotatable bonds is 6. The number of aliphatic hydroxyl groups is 1. The Morgan fingerprint density at radius 3 is 2.47 bits per heavy atom. The van der Waals surface area contributed by atoms with Gasteiger partial charge in [0, 0.05) is 25.0 Å². The first-order valence-corrected chi connectivity index (χ1v) is 10.00. The van der Waals surface area contributed by atoms with Crippen molar-refractivity contribution in [2.24, 2.45) is 0 Å². The second kappa shape index (κ2) is 8.76. The molecular formula is C23H25F4NO2. The van der Waals surface area contributed by atoms with Gasteiger partial charge >= 0.3 is 6.18 Å². The number of aliphatic hydroxyl groups excluding tert-OH is 1. The van der Waals surface area contributed by atoms with E-state index in [2.05, 4.69) is 0 Å². The number of carbonyl (C=O) groups excluding carboxylic acids is 1. The summed E-state index contributed by atoms with van der Waals surface area (Å²) in [6, 6.07) is 10.6. The Labute approximate surface area is 173 Å². The summed E-state index contributed by atoms with van der Waals surface area (Å²) in [7, 11) is 0. The molecule has 30 heavy (non-hydrogen) atoms. The van der Waals surface area contributed by atoms with Crippen LogP contribution < -0.4 is 0 Å². The first-order valence-electron chi connectivity index (χ1n) is 10.00. The lowest BCUT2D eigenvalue weighted by Gasteiger charge is -2.44. The first kappa shape index (κ1) is 22.3. The van der Waals surface area contributed by atoms with Crippen LogP contribution in [0.2, 0.25) is 0 Å². The maximum atomic E-state index is 13.4. The molecular weight excluding hydrogens is 398 g/mol. The molecule has 7 heteroatoms. The second-order valence-corrected chi connectivity index (χ2v) is 7.93. The van der Waals surface area contributed by atoms with Gasteiger partial charge in [-0.25, -0.2) is 4.39 Å². The summed E-state index contributed by atoms with van der Waals surface area (Å²) in [5, 5.41) is 9.30. The van der Waals surface area contributed by atoms with Crippen LogP contribution in [0, 0.1) is 5.82 Å². The van der Waals surface area contributed by atoms with Crippen LogP contribution in [0.5, 0.6) is 0 Å². The maximum absolute atomic E-state index is 13.4. The van der Waals surface area contributed by atoms with E-state index in [-0.39, 0.29) is 24.8 Å². The van der Waals surface area contributed by atoms with Crippen molar-refractivity contribution in [3.8, 4) is 0 Å². The van der Waals surface area contributed by atoms with Crippen LogP contribution in [0.3, 0.4) is 0 Å². The van der Waals surface area contributed by atoms with Crippen molar-refractivity contribution in [3.05, 3.63) is 71.0 Å². The molecule has 1 aliphatic heterocycles. The van der Waals surface area contributed by atoms with Gasteiger partial charge in [-0.15, -0.1) is 0 Å². The van der Waals surface area contributed by atoms with Gasteiger partial charge in [0.2, 0.25) is 5.91 Å². The molecule has 1 amide bonds. The van der Waals surface area contributed by atoms with Crippen molar-refractivity contribution in [2.45, 2.75) is 50.2 Å². The van der Waals surface area contributed by atoms with Crippen LogP contribution in [-0.2, 0) is 16.4 Å². The van der Waals surface area contributed by atoms with Gasteiger partial charge in [0.1, 0.15) is 5.82 Å². The van der Waals surface area contributed by atoms with E-state index in [0.29, 0.717) is 31.4 Å². The minimum absolute atomic E-state index is 0.0124. The highest BCUT2D eigenvalue weighted by atomic mass is 19.4. The highest BCUT2D eigenvalue weighted by Crippen LogP contribution is 2.42. The molecule has 3 rings (SSSR count). The van der Waals surface area contributed by atoms with Crippen molar-refractivity contribution in [2.75, 3.05) is 13.2 Å². The molecule has 0 unspecified atom stereocenters. The van der Waals surface area contributed by atoms with Gasteiger partial charge in [-0.3, -0.25) is 4.79 Å². The highest BCUT2D eigenvalue weighted by molar-refractivity contribution is 5.79. The van der Waals surface area contributed by atoms with Gasteiger partial charge < -0.3 is 10.0 Å². The van der Waals surface area contributed by atoms with Crippen molar-refractivity contribution >= 4 is 5.91 Å². The SMILES string of the molecule is C[C@@H](c1cccc(C(F)(F)F)c1)N1CC[C@](CCCO)(c2ccc(F)cc2)CC1=O. The fraction of sp³-hybridized carbons (Fsp3) is 0.435. The van der Waals surface area contributed by atoms with Gasteiger partial charge in [0.15, 0.2) is 0 Å². The Hall–Kier alpha value is -2.41. The van der Waals surface area contributed by atoms with E-state index in [1.54, 1.807) is 30.0 Å². The lowest BCUT2D eigenvalue weighted by atomic mass is 9.69. The second-order valence-electron chi connectivity index (χ2n) is 7.93. The van der Waals surface area contributed by atoms with Gasteiger partial charge in [0.25, 0.3) is 0 Å². The summed E-state index contributed by atoms with van der Waals surface area (Å²) < 4.78 is 52.6. The summed E-state index contributed by atoms with van der Waals surface area (Å²) >= 11 is 0. The van der Waals surface area contributed by atoms with Crippen LogP contribution in [-0.4, -0.2) is 29.1 Å². The lowest BCUT2D eigenvalue weighted by molar-refractivity contribution is -0.138. The molecule has 1 saturated heterocycles. The van der Waals surface area contributed by atoms with Crippen molar-refractivity contribution in [1.82, 2.24) is 4.90 Å². The molecule has 1 N–H and O–H groups in total. The standard InChI is InChI=1S/C23H25F4NO2/c1-16(17-4-2-5-19(14-17)23(25,26)27)28-12-11-22(10-3-13-29,15-21(28)30)18-6-8-20(24)9-7-18/h2,4-9,14,16,29H,3,10-13,15H2,1H3/t16-,22-/m0/s1. The Morgan fingerprint density at radius 2 is 1.87 bits per heavy atom. The average molecular weight is 423 g/mol. The van der Waals surface area contributed by atoms with Crippen LogP contribution in [0.1, 0.15) is 55.3 Å². The molecule has 0 bridgehead atoms. The molecule has 0 saturated carbocycles. The van der Waals surface area contributed by atoms with Gasteiger partial charge in [0.05, 0.1) is 11.6 Å². The summed E-state index contributed by atoms with van der Waals surface area (Å²) in [6.45, 7) is 2.09. The largest absolute Gasteiger partial charge is 0.416 e.